The third-order valence-electron chi connectivity index (χ3n) is 3.74. The van der Waals surface area contributed by atoms with E-state index < -0.39 is 0 Å². The van der Waals surface area contributed by atoms with Gasteiger partial charge in [0.25, 0.3) is 0 Å². The van der Waals surface area contributed by atoms with Gasteiger partial charge < -0.3 is 5.32 Å². The first kappa shape index (κ1) is 12.6. The zero-order valence-electron chi connectivity index (χ0n) is 11.2. The van der Waals surface area contributed by atoms with E-state index in [4.69, 9.17) is 0 Å². The Kier molecular flexibility index (Phi) is 4.16. The first-order valence-electron chi connectivity index (χ1n) is 6.80. The van der Waals surface area contributed by atoms with Crippen molar-refractivity contribution >= 4 is 0 Å². The summed E-state index contributed by atoms with van der Waals surface area (Å²) in [6, 6.07) is 4.41. The fourth-order valence-electron chi connectivity index (χ4n) is 2.91. The molecule has 1 aromatic rings. The van der Waals surface area contributed by atoms with E-state index >= 15 is 0 Å². The molecule has 2 heterocycles. The van der Waals surface area contributed by atoms with Crippen LogP contribution in [0.1, 0.15) is 43.9 Å². The lowest BCUT2D eigenvalue weighted by atomic mass is 9.78. The van der Waals surface area contributed by atoms with Gasteiger partial charge in [0.15, 0.2) is 0 Å². The summed E-state index contributed by atoms with van der Waals surface area (Å²) in [5.41, 5.74) is 2.55. The van der Waals surface area contributed by atoms with Gasteiger partial charge in [0.05, 0.1) is 0 Å². The molecule has 0 spiro atoms. The fourth-order valence-corrected chi connectivity index (χ4v) is 2.91. The van der Waals surface area contributed by atoms with Crippen LogP contribution < -0.4 is 5.32 Å². The Morgan fingerprint density at radius 2 is 2.24 bits per heavy atom. The summed E-state index contributed by atoms with van der Waals surface area (Å²) in [5, 5.41) is 3.53. The quantitative estimate of drug-likeness (QED) is 0.866. The number of aromatic nitrogens is 1. The molecule has 1 fully saturated rings. The topological polar surface area (TPSA) is 24.9 Å². The largest absolute Gasteiger partial charge is 0.316 e. The standard InChI is InChI=1S/C15H24N2/c1-11(2)8-14-9-16-7-6-15(14)13-5-4-12(3)17-10-13/h4-5,10-11,14-16H,6-9H2,1-3H3. The summed E-state index contributed by atoms with van der Waals surface area (Å²) in [6.07, 6.45) is 4.65. The summed E-state index contributed by atoms with van der Waals surface area (Å²) in [5.74, 6) is 2.25. The molecular formula is C15H24N2. The van der Waals surface area contributed by atoms with Crippen molar-refractivity contribution in [1.29, 1.82) is 0 Å². The summed E-state index contributed by atoms with van der Waals surface area (Å²) < 4.78 is 0. The zero-order valence-corrected chi connectivity index (χ0v) is 11.2. The molecule has 0 radical (unpaired) electrons. The van der Waals surface area contributed by atoms with E-state index in [0.29, 0.717) is 5.92 Å². The molecule has 0 aliphatic carbocycles. The number of hydrogen-bond donors (Lipinski definition) is 1. The van der Waals surface area contributed by atoms with E-state index in [1.54, 1.807) is 0 Å². The van der Waals surface area contributed by atoms with Crippen LogP contribution in [0.2, 0.25) is 0 Å². The molecule has 0 amide bonds. The van der Waals surface area contributed by atoms with Gasteiger partial charge in [0, 0.05) is 11.9 Å². The monoisotopic (exact) mass is 232 g/mol. The minimum atomic E-state index is 0.701. The highest BCUT2D eigenvalue weighted by Gasteiger charge is 2.26. The number of nitrogens with zero attached hydrogens (tertiary/aromatic N) is 1. The van der Waals surface area contributed by atoms with Gasteiger partial charge in [0.2, 0.25) is 0 Å². The Labute approximate surface area is 105 Å². The average Bonchev–Trinajstić information content (AvgIpc) is 2.30. The predicted molar refractivity (Wildman–Crippen MR) is 72.1 cm³/mol. The molecule has 17 heavy (non-hydrogen) atoms. The van der Waals surface area contributed by atoms with Crippen molar-refractivity contribution in [3.05, 3.63) is 29.6 Å². The molecule has 2 nitrogen and oxygen atoms in total. The van der Waals surface area contributed by atoms with Crippen LogP contribution in [0.25, 0.3) is 0 Å². The highest BCUT2D eigenvalue weighted by molar-refractivity contribution is 5.19. The Bertz CT molecular complexity index is 342. The molecule has 1 aliphatic rings. The van der Waals surface area contributed by atoms with Crippen molar-refractivity contribution in [1.82, 2.24) is 10.3 Å². The van der Waals surface area contributed by atoms with Crippen molar-refractivity contribution < 1.29 is 0 Å². The smallest absolute Gasteiger partial charge is 0.0372 e. The molecule has 2 heteroatoms. The Hall–Kier alpha value is -0.890. The van der Waals surface area contributed by atoms with Crippen molar-refractivity contribution in [3.8, 4) is 0 Å². The molecule has 1 saturated heterocycles. The van der Waals surface area contributed by atoms with E-state index in [1.807, 2.05) is 0 Å². The molecule has 0 aromatic carbocycles. The summed E-state index contributed by atoms with van der Waals surface area (Å²) in [6.45, 7) is 9.00. The lowest BCUT2D eigenvalue weighted by molar-refractivity contribution is 0.280. The molecule has 2 unspecified atom stereocenters. The molecule has 1 aromatic heterocycles. The minimum Gasteiger partial charge on any atom is -0.316 e. The second-order valence-electron chi connectivity index (χ2n) is 5.72. The molecule has 0 bridgehead atoms. The van der Waals surface area contributed by atoms with E-state index in [0.717, 1.165) is 30.6 Å². The van der Waals surface area contributed by atoms with Crippen molar-refractivity contribution in [2.45, 2.75) is 39.5 Å². The van der Waals surface area contributed by atoms with E-state index in [9.17, 15) is 0 Å². The van der Waals surface area contributed by atoms with Gasteiger partial charge in [-0.2, -0.15) is 0 Å². The summed E-state index contributed by atoms with van der Waals surface area (Å²) in [4.78, 5) is 4.45. The number of nitrogens with one attached hydrogen (secondary N) is 1. The van der Waals surface area contributed by atoms with Gasteiger partial charge in [-0.15, -0.1) is 0 Å². The molecule has 2 rings (SSSR count). The SMILES string of the molecule is Cc1ccc(C2CCNCC2CC(C)C)cn1. The Balaban J connectivity index is 2.12. The van der Waals surface area contributed by atoms with Crippen LogP contribution in [-0.2, 0) is 0 Å². The molecule has 1 aliphatic heterocycles. The van der Waals surface area contributed by atoms with Crippen LogP contribution in [-0.4, -0.2) is 18.1 Å². The van der Waals surface area contributed by atoms with Crippen LogP contribution in [0.3, 0.4) is 0 Å². The molecule has 94 valence electrons. The second-order valence-corrected chi connectivity index (χ2v) is 5.72. The maximum Gasteiger partial charge on any atom is 0.0372 e. The van der Waals surface area contributed by atoms with Crippen LogP contribution in [0.5, 0.6) is 0 Å². The zero-order chi connectivity index (χ0) is 12.3. The maximum atomic E-state index is 4.45. The van der Waals surface area contributed by atoms with Crippen molar-refractivity contribution in [2.75, 3.05) is 13.1 Å². The third kappa shape index (κ3) is 3.29. The Morgan fingerprint density at radius 3 is 2.88 bits per heavy atom. The first-order chi connectivity index (χ1) is 8.16. The number of hydrogen-bond acceptors (Lipinski definition) is 2. The van der Waals surface area contributed by atoms with Gasteiger partial charge in [-0.1, -0.05) is 19.9 Å². The third-order valence-corrected chi connectivity index (χ3v) is 3.74. The number of piperidine rings is 1. The van der Waals surface area contributed by atoms with Crippen LogP contribution in [0, 0.1) is 18.8 Å². The lowest BCUT2D eigenvalue weighted by Gasteiger charge is -2.33. The van der Waals surface area contributed by atoms with Crippen molar-refractivity contribution in [2.24, 2.45) is 11.8 Å². The summed E-state index contributed by atoms with van der Waals surface area (Å²) >= 11 is 0. The van der Waals surface area contributed by atoms with Gasteiger partial charge in [0.1, 0.15) is 0 Å². The lowest BCUT2D eigenvalue weighted by Crippen LogP contribution is -2.36. The average molecular weight is 232 g/mol. The number of aryl methyl sites for hydroxylation is 1. The van der Waals surface area contributed by atoms with E-state index in [2.05, 4.69) is 49.4 Å². The van der Waals surface area contributed by atoms with E-state index in [1.165, 1.54) is 18.4 Å². The molecule has 1 N–H and O–H groups in total. The summed E-state index contributed by atoms with van der Waals surface area (Å²) in [7, 11) is 0. The highest BCUT2D eigenvalue weighted by Crippen LogP contribution is 2.33. The van der Waals surface area contributed by atoms with Crippen LogP contribution in [0.4, 0.5) is 0 Å². The first-order valence-corrected chi connectivity index (χ1v) is 6.80. The van der Waals surface area contributed by atoms with Crippen molar-refractivity contribution in [3.63, 3.8) is 0 Å². The van der Waals surface area contributed by atoms with Gasteiger partial charge >= 0.3 is 0 Å². The van der Waals surface area contributed by atoms with Crippen LogP contribution in [0.15, 0.2) is 18.3 Å². The number of rotatable bonds is 3. The van der Waals surface area contributed by atoms with E-state index in [-0.39, 0.29) is 0 Å². The second kappa shape index (κ2) is 5.63. The molecular weight excluding hydrogens is 208 g/mol. The molecule has 2 atom stereocenters. The predicted octanol–water partition coefficient (Wildman–Crippen LogP) is 3.13. The normalized spacial score (nSPS) is 25.2. The van der Waals surface area contributed by atoms with Gasteiger partial charge in [-0.3, -0.25) is 4.98 Å². The van der Waals surface area contributed by atoms with Crippen LogP contribution >= 0.6 is 0 Å². The molecule has 0 saturated carbocycles. The maximum absolute atomic E-state index is 4.45. The van der Waals surface area contributed by atoms with Gasteiger partial charge in [-0.05, 0) is 62.2 Å². The Morgan fingerprint density at radius 1 is 1.41 bits per heavy atom. The highest BCUT2D eigenvalue weighted by atomic mass is 14.9. The minimum absolute atomic E-state index is 0.701. The van der Waals surface area contributed by atoms with Gasteiger partial charge in [-0.25, -0.2) is 0 Å². The number of pyridine rings is 1. The fraction of sp³-hybridized carbons (Fsp3) is 0.667.